The van der Waals surface area contributed by atoms with E-state index >= 15 is 0 Å². The maximum atomic E-state index is 4.30. The molecule has 1 heterocycles. The van der Waals surface area contributed by atoms with Crippen LogP contribution in [0.4, 0.5) is 0 Å². The molecule has 0 N–H and O–H groups in total. The van der Waals surface area contributed by atoms with Crippen LogP contribution in [0.25, 0.3) is 0 Å². The largest absolute Gasteiger partial charge is 0.303 e. The van der Waals surface area contributed by atoms with E-state index < -0.39 is 0 Å². The van der Waals surface area contributed by atoms with E-state index in [0.29, 0.717) is 0 Å². The Bertz CT molecular complexity index is 143. The number of rotatable bonds is 4. The average Bonchev–Trinajstić information content (AvgIpc) is 2.50. The minimum absolute atomic E-state index is 0.827. The monoisotopic (exact) mass is 168 g/mol. The Morgan fingerprint density at radius 3 is 3.08 bits per heavy atom. The van der Waals surface area contributed by atoms with Gasteiger partial charge in [0.2, 0.25) is 0 Å². The van der Waals surface area contributed by atoms with E-state index in [0.717, 1.165) is 12.5 Å². The summed E-state index contributed by atoms with van der Waals surface area (Å²) < 4.78 is 0. The standard InChI is InChI=1S/C10H20N2/c1-3-6-12-7-5-10(9-12)8-11-4-2/h4,10H,3,5-9H2,1-2H3/b11-4+. The van der Waals surface area contributed by atoms with E-state index in [1.807, 2.05) is 13.1 Å². The lowest BCUT2D eigenvalue weighted by atomic mass is 10.1. The van der Waals surface area contributed by atoms with E-state index in [4.69, 9.17) is 0 Å². The molecule has 0 aromatic carbocycles. The first-order chi connectivity index (χ1) is 5.86. The molecule has 0 amide bonds. The van der Waals surface area contributed by atoms with Gasteiger partial charge in [0, 0.05) is 13.1 Å². The number of likely N-dealkylation sites (tertiary alicyclic amines) is 1. The molecule has 0 aromatic rings. The first-order valence-corrected chi connectivity index (χ1v) is 5.03. The fourth-order valence-electron chi connectivity index (χ4n) is 1.84. The quantitative estimate of drug-likeness (QED) is 0.584. The third-order valence-electron chi connectivity index (χ3n) is 2.46. The van der Waals surface area contributed by atoms with Crippen LogP contribution in [0.2, 0.25) is 0 Å². The molecular formula is C10H20N2. The van der Waals surface area contributed by atoms with Crippen molar-refractivity contribution in [3.8, 4) is 0 Å². The summed E-state index contributed by atoms with van der Waals surface area (Å²) in [4.78, 5) is 6.85. The van der Waals surface area contributed by atoms with Crippen molar-refractivity contribution in [2.24, 2.45) is 10.9 Å². The SMILES string of the molecule is C/C=N/CC1CCN(CCC)C1. The predicted octanol–water partition coefficient (Wildman–Crippen LogP) is 1.81. The fourth-order valence-corrected chi connectivity index (χ4v) is 1.84. The van der Waals surface area contributed by atoms with Crippen LogP contribution in [-0.2, 0) is 0 Å². The zero-order valence-corrected chi connectivity index (χ0v) is 8.29. The van der Waals surface area contributed by atoms with E-state index in [9.17, 15) is 0 Å². The maximum absolute atomic E-state index is 4.30. The first-order valence-electron chi connectivity index (χ1n) is 5.03. The minimum atomic E-state index is 0.827. The van der Waals surface area contributed by atoms with Crippen molar-refractivity contribution in [2.45, 2.75) is 26.7 Å². The molecular weight excluding hydrogens is 148 g/mol. The van der Waals surface area contributed by atoms with Gasteiger partial charge in [-0.3, -0.25) is 4.99 Å². The highest BCUT2D eigenvalue weighted by Crippen LogP contribution is 2.16. The van der Waals surface area contributed by atoms with Crippen LogP contribution in [0.5, 0.6) is 0 Å². The molecule has 0 saturated carbocycles. The number of hydrogen-bond acceptors (Lipinski definition) is 2. The molecule has 2 heteroatoms. The van der Waals surface area contributed by atoms with Crippen molar-refractivity contribution in [3.63, 3.8) is 0 Å². The minimum Gasteiger partial charge on any atom is -0.303 e. The lowest BCUT2D eigenvalue weighted by Crippen LogP contribution is -2.21. The second-order valence-corrected chi connectivity index (χ2v) is 3.58. The van der Waals surface area contributed by atoms with Crippen molar-refractivity contribution in [1.82, 2.24) is 4.90 Å². The predicted molar refractivity (Wildman–Crippen MR) is 53.9 cm³/mol. The molecule has 2 nitrogen and oxygen atoms in total. The molecule has 1 unspecified atom stereocenters. The highest BCUT2D eigenvalue weighted by Gasteiger charge is 2.20. The summed E-state index contributed by atoms with van der Waals surface area (Å²) in [6, 6.07) is 0. The Kier molecular flexibility index (Phi) is 4.30. The highest BCUT2D eigenvalue weighted by atomic mass is 15.1. The van der Waals surface area contributed by atoms with Crippen molar-refractivity contribution >= 4 is 6.21 Å². The van der Waals surface area contributed by atoms with Crippen molar-refractivity contribution in [3.05, 3.63) is 0 Å². The summed E-state index contributed by atoms with van der Waals surface area (Å²) in [5, 5.41) is 0. The Labute approximate surface area is 75.7 Å². The summed E-state index contributed by atoms with van der Waals surface area (Å²) in [6.07, 6.45) is 4.55. The molecule has 1 rings (SSSR count). The Morgan fingerprint density at radius 2 is 2.42 bits per heavy atom. The molecule has 0 radical (unpaired) electrons. The number of hydrogen-bond donors (Lipinski definition) is 0. The van der Waals surface area contributed by atoms with E-state index in [-0.39, 0.29) is 0 Å². The third kappa shape index (κ3) is 2.94. The summed E-state index contributed by atoms with van der Waals surface area (Å²) in [6.45, 7) is 9.11. The Morgan fingerprint density at radius 1 is 1.58 bits per heavy atom. The topological polar surface area (TPSA) is 15.6 Å². The van der Waals surface area contributed by atoms with Crippen LogP contribution in [0.15, 0.2) is 4.99 Å². The molecule has 1 saturated heterocycles. The van der Waals surface area contributed by atoms with Gasteiger partial charge in [-0.15, -0.1) is 0 Å². The van der Waals surface area contributed by atoms with Gasteiger partial charge in [-0.05, 0) is 45.0 Å². The molecule has 1 aliphatic heterocycles. The van der Waals surface area contributed by atoms with Gasteiger partial charge in [0.15, 0.2) is 0 Å². The smallest absolute Gasteiger partial charge is 0.0426 e. The zero-order chi connectivity index (χ0) is 8.81. The molecule has 12 heavy (non-hydrogen) atoms. The summed E-state index contributed by atoms with van der Waals surface area (Å²) in [7, 11) is 0. The average molecular weight is 168 g/mol. The van der Waals surface area contributed by atoms with Gasteiger partial charge >= 0.3 is 0 Å². The van der Waals surface area contributed by atoms with E-state index in [2.05, 4.69) is 16.8 Å². The third-order valence-corrected chi connectivity index (χ3v) is 2.46. The second kappa shape index (κ2) is 5.31. The Hall–Kier alpha value is -0.370. The summed E-state index contributed by atoms with van der Waals surface area (Å²) in [5.41, 5.74) is 0. The van der Waals surface area contributed by atoms with Crippen LogP contribution in [-0.4, -0.2) is 37.3 Å². The van der Waals surface area contributed by atoms with Gasteiger partial charge in [-0.1, -0.05) is 6.92 Å². The number of aliphatic imine (C=N–C) groups is 1. The van der Waals surface area contributed by atoms with Gasteiger partial charge in [-0.2, -0.15) is 0 Å². The molecule has 0 bridgehead atoms. The summed E-state index contributed by atoms with van der Waals surface area (Å²) in [5.74, 6) is 0.827. The molecule has 1 fully saturated rings. The molecule has 70 valence electrons. The number of nitrogens with zero attached hydrogens (tertiary/aromatic N) is 2. The highest BCUT2D eigenvalue weighted by molar-refractivity contribution is 5.53. The second-order valence-electron chi connectivity index (χ2n) is 3.58. The molecule has 0 aromatic heterocycles. The van der Waals surface area contributed by atoms with E-state index in [1.54, 1.807) is 0 Å². The van der Waals surface area contributed by atoms with Crippen molar-refractivity contribution < 1.29 is 0 Å². The van der Waals surface area contributed by atoms with E-state index in [1.165, 1.54) is 32.5 Å². The van der Waals surface area contributed by atoms with Crippen LogP contribution >= 0.6 is 0 Å². The van der Waals surface area contributed by atoms with Crippen LogP contribution in [0.3, 0.4) is 0 Å². The van der Waals surface area contributed by atoms with Gasteiger partial charge < -0.3 is 4.90 Å². The maximum Gasteiger partial charge on any atom is 0.0426 e. The van der Waals surface area contributed by atoms with Gasteiger partial charge in [0.25, 0.3) is 0 Å². The summed E-state index contributed by atoms with van der Waals surface area (Å²) >= 11 is 0. The van der Waals surface area contributed by atoms with Crippen LogP contribution in [0.1, 0.15) is 26.7 Å². The lowest BCUT2D eigenvalue weighted by Gasteiger charge is -2.13. The van der Waals surface area contributed by atoms with Gasteiger partial charge in [-0.25, -0.2) is 0 Å². The van der Waals surface area contributed by atoms with Crippen LogP contribution < -0.4 is 0 Å². The molecule has 0 spiro atoms. The van der Waals surface area contributed by atoms with Crippen molar-refractivity contribution in [2.75, 3.05) is 26.2 Å². The lowest BCUT2D eigenvalue weighted by molar-refractivity contribution is 0.326. The normalized spacial score (nSPS) is 25.7. The van der Waals surface area contributed by atoms with Crippen LogP contribution in [0, 0.1) is 5.92 Å². The van der Waals surface area contributed by atoms with Gasteiger partial charge in [0.1, 0.15) is 0 Å². The zero-order valence-electron chi connectivity index (χ0n) is 8.29. The molecule has 1 atom stereocenters. The first kappa shape index (κ1) is 9.72. The molecule has 0 aliphatic carbocycles. The van der Waals surface area contributed by atoms with Gasteiger partial charge in [0.05, 0.1) is 0 Å². The van der Waals surface area contributed by atoms with Crippen molar-refractivity contribution in [1.29, 1.82) is 0 Å². The Balaban J connectivity index is 2.16. The molecule has 1 aliphatic rings. The fraction of sp³-hybridized carbons (Fsp3) is 0.900.